The molecule has 1 N–H and O–H groups in total. The molecule has 0 unspecified atom stereocenters. The summed E-state index contributed by atoms with van der Waals surface area (Å²) in [4.78, 5) is 49.2. The summed E-state index contributed by atoms with van der Waals surface area (Å²) in [6.45, 7) is 14.3. The van der Waals surface area contributed by atoms with Crippen LogP contribution in [0.1, 0.15) is 86.1 Å². The lowest BCUT2D eigenvalue weighted by molar-refractivity contribution is -0.145. The van der Waals surface area contributed by atoms with Crippen LogP contribution in [-0.4, -0.2) is 50.2 Å². The largest absolute Gasteiger partial charge is 0.468 e. The summed E-state index contributed by atoms with van der Waals surface area (Å²) >= 11 is 0. The molecule has 0 amide bonds. The number of ether oxygens (including phenoxy) is 4. The Hall–Kier alpha value is -2.94. The maximum Gasteiger partial charge on any atom is 0.323 e. The molecule has 0 aromatic heterocycles. The SMILES string of the molecule is COC(=O)[C@H](Cc1ccc(OC(=O)CCC(C)C)c(OC(=O)CCC(C)C)c1)NCCOC(=O)CC(C)(C)C. The maximum absolute atomic E-state index is 12.5. The molecular weight excluding hydrogens is 502 g/mol. The van der Waals surface area contributed by atoms with Crippen LogP contribution >= 0.6 is 0 Å². The van der Waals surface area contributed by atoms with Gasteiger partial charge in [-0.05, 0) is 54.2 Å². The van der Waals surface area contributed by atoms with Crippen molar-refractivity contribution >= 4 is 23.9 Å². The van der Waals surface area contributed by atoms with Crippen molar-refractivity contribution in [2.45, 2.75) is 93.0 Å². The summed E-state index contributed by atoms with van der Waals surface area (Å²) in [6.07, 6.45) is 2.31. The molecule has 0 heterocycles. The minimum atomic E-state index is -0.736. The second-order valence-electron chi connectivity index (χ2n) is 11.8. The van der Waals surface area contributed by atoms with Gasteiger partial charge in [0, 0.05) is 19.4 Å². The van der Waals surface area contributed by atoms with E-state index in [0.29, 0.717) is 36.7 Å². The first-order chi connectivity index (χ1) is 18.2. The van der Waals surface area contributed by atoms with Crippen molar-refractivity contribution in [3.05, 3.63) is 23.8 Å². The fourth-order valence-electron chi connectivity index (χ4n) is 3.50. The van der Waals surface area contributed by atoms with Gasteiger partial charge in [0.1, 0.15) is 12.6 Å². The molecule has 0 aliphatic carbocycles. The van der Waals surface area contributed by atoms with Crippen molar-refractivity contribution in [1.82, 2.24) is 5.32 Å². The van der Waals surface area contributed by atoms with Crippen molar-refractivity contribution in [2.75, 3.05) is 20.3 Å². The Morgan fingerprint density at radius 1 is 0.846 bits per heavy atom. The molecule has 220 valence electrons. The summed E-state index contributed by atoms with van der Waals surface area (Å²) < 4.78 is 21.3. The zero-order valence-electron chi connectivity index (χ0n) is 24.9. The van der Waals surface area contributed by atoms with Crippen LogP contribution in [0.15, 0.2) is 18.2 Å². The fraction of sp³-hybridized carbons (Fsp3) is 0.667. The number of benzene rings is 1. The number of methoxy groups -OCH3 is 1. The summed E-state index contributed by atoms with van der Waals surface area (Å²) in [7, 11) is 1.29. The normalized spacial score (nSPS) is 12.3. The van der Waals surface area contributed by atoms with Gasteiger partial charge >= 0.3 is 23.9 Å². The molecule has 0 radical (unpaired) electrons. The molecule has 0 saturated heterocycles. The van der Waals surface area contributed by atoms with Gasteiger partial charge in [-0.2, -0.15) is 0 Å². The van der Waals surface area contributed by atoms with Crippen molar-refractivity contribution in [3.63, 3.8) is 0 Å². The van der Waals surface area contributed by atoms with Crippen LogP contribution in [0.25, 0.3) is 0 Å². The smallest absolute Gasteiger partial charge is 0.323 e. The molecule has 0 spiro atoms. The average Bonchev–Trinajstić information content (AvgIpc) is 2.83. The quantitative estimate of drug-likeness (QED) is 0.172. The van der Waals surface area contributed by atoms with E-state index >= 15 is 0 Å². The van der Waals surface area contributed by atoms with E-state index in [2.05, 4.69) is 5.32 Å². The lowest BCUT2D eigenvalue weighted by atomic mass is 9.93. The summed E-state index contributed by atoms with van der Waals surface area (Å²) in [5.41, 5.74) is 0.487. The lowest BCUT2D eigenvalue weighted by Crippen LogP contribution is -2.41. The number of nitrogens with one attached hydrogen (secondary N) is 1. The summed E-state index contributed by atoms with van der Waals surface area (Å²) in [5.74, 6) is -0.685. The maximum atomic E-state index is 12.5. The number of carbonyl (C=O) groups is 4. The van der Waals surface area contributed by atoms with E-state index in [4.69, 9.17) is 18.9 Å². The zero-order chi connectivity index (χ0) is 29.6. The third kappa shape index (κ3) is 15.3. The number of hydrogen-bond donors (Lipinski definition) is 1. The van der Waals surface area contributed by atoms with E-state index in [-0.39, 0.29) is 55.3 Å². The Bertz CT molecular complexity index is 949. The van der Waals surface area contributed by atoms with E-state index in [9.17, 15) is 19.2 Å². The highest BCUT2D eigenvalue weighted by molar-refractivity contribution is 5.77. The van der Waals surface area contributed by atoms with Crippen LogP contribution in [0.2, 0.25) is 0 Å². The average molecular weight is 550 g/mol. The van der Waals surface area contributed by atoms with Crippen LogP contribution in [0.3, 0.4) is 0 Å². The zero-order valence-corrected chi connectivity index (χ0v) is 24.9. The first-order valence-corrected chi connectivity index (χ1v) is 13.7. The molecule has 1 rings (SSSR count). The third-order valence-electron chi connectivity index (χ3n) is 5.66. The second kappa shape index (κ2) is 16.9. The minimum Gasteiger partial charge on any atom is -0.468 e. The standard InChI is InChI=1S/C30H47NO8/c1-20(2)9-13-26(32)38-24-12-11-22(18-25(24)39-27(33)14-10-21(3)4)17-23(29(35)36-8)31-15-16-37-28(34)19-30(5,6)7/h11-12,18,20-21,23,31H,9-10,13-17,19H2,1-8H3/t23-/m0/s1. The molecule has 0 saturated carbocycles. The van der Waals surface area contributed by atoms with Crippen molar-refractivity contribution in [2.24, 2.45) is 17.3 Å². The van der Waals surface area contributed by atoms with Crippen molar-refractivity contribution in [1.29, 1.82) is 0 Å². The van der Waals surface area contributed by atoms with Crippen molar-refractivity contribution < 1.29 is 38.1 Å². The topological polar surface area (TPSA) is 117 Å². The Labute approximate surface area is 233 Å². The highest BCUT2D eigenvalue weighted by Crippen LogP contribution is 2.30. The molecule has 9 heteroatoms. The van der Waals surface area contributed by atoms with E-state index < -0.39 is 23.9 Å². The molecule has 0 fully saturated rings. The Morgan fingerprint density at radius 3 is 1.92 bits per heavy atom. The van der Waals surface area contributed by atoms with Gasteiger partial charge in [-0.3, -0.25) is 19.2 Å². The summed E-state index contributed by atoms with van der Waals surface area (Å²) in [5, 5.41) is 3.06. The lowest BCUT2D eigenvalue weighted by Gasteiger charge is -2.19. The Morgan fingerprint density at radius 2 is 1.41 bits per heavy atom. The van der Waals surface area contributed by atoms with E-state index in [1.165, 1.54) is 7.11 Å². The molecule has 0 aliphatic heterocycles. The first-order valence-electron chi connectivity index (χ1n) is 13.7. The molecule has 0 bridgehead atoms. The van der Waals surface area contributed by atoms with E-state index in [0.717, 1.165) is 0 Å². The van der Waals surface area contributed by atoms with E-state index in [1.807, 2.05) is 48.5 Å². The van der Waals surface area contributed by atoms with Crippen LogP contribution in [0.5, 0.6) is 11.5 Å². The van der Waals surface area contributed by atoms with Crippen LogP contribution in [0, 0.1) is 17.3 Å². The van der Waals surface area contributed by atoms with Gasteiger partial charge in [0.15, 0.2) is 11.5 Å². The van der Waals surface area contributed by atoms with Crippen LogP contribution in [-0.2, 0) is 35.1 Å². The molecule has 9 nitrogen and oxygen atoms in total. The van der Waals surface area contributed by atoms with Gasteiger partial charge in [-0.1, -0.05) is 54.5 Å². The molecule has 1 aromatic rings. The number of hydrogen-bond acceptors (Lipinski definition) is 9. The predicted molar refractivity (Wildman–Crippen MR) is 148 cm³/mol. The van der Waals surface area contributed by atoms with Crippen LogP contribution < -0.4 is 14.8 Å². The predicted octanol–water partition coefficient (Wildman–Crippen LogP) is 5.02. The number of carbonyl (C=O) groups excluding carboxylic acids is 4. The van der Waals surface area contributed by atoms with Gasteiger partial charge in [0.25, 0.3) is 0 Å². The number of esters is 4. The molecule has 0 aliphatic rings. The highest BCUT2D eigenvalue weighted by Gasteiger charge is 2.22. The third-order valence-corrected chi connectivity index (χ3v) is 5.66. The summed E-state index contributed by atoms with van der Waals surface area (Å²) in [6, 6.07) is 4.13. The molecular formula is C30H47NO8. The van der Waals surface area contributed by atoms with Gasteiger partial charge in [-0.25, -0.2) is 0 Å². The molecule has 1 atom stereocenters. The second-order valence-corrected chi connectivity index (χ2v) is 11.8. The van der Waals surface area contributed by atoms with Crippen molar-refractivity contribution in [3.8, 4) is 11.5 Å². The monoisotopic (exact) mass is 549 g/mol. The Balaban J connectivity index is 2.98. The van der Waals surface area contributed by atoms with Gasteiger partial charge in [-0.15, -0.1) is 0 Å². The van der Waals surface area contributed by atoms with Gasteiger partial charge in [0.2, 0.25) is 0 Å². The van der Waals surface area contributed by atoms with Gasteiger partial charge in [0.05, 0.1) is 13.5 Å². The molecule has 39 heavy (non-hydrogen) atoms. The fourth-order valence-corrected chi connectivity index (χ4v) is 3.50. The highest BCUT2D eigenvalue weighted by atomic mass is 16.6. The van der Waals surface area contributed by atoms with Gasteiger partial charge < -0.3 is 24.3 Å². The van der Waals surface area contributed by atoms with E-state index in [1.54, 1.807) is 18.2 Å². The first kappa shape index (κ1) is 34.1. The minimum absolute atomic E-state index is 0.104. The number of rotatable bonds is 16. The molecule has 1 aromatic carbocycles. The Kier molecular flexibility index (Phi) is 14.8. The van der Waals surface area contributed by atoms with Crippen LogP contribution in [0.4, 0.5) is 0 Å².